The van der Waals surface area contributed by atoms with Crippen molar-refractivity contribution in [1.82, 2.24) is 5.32 Å². The number of rotatable bonds is 7. The van der Waals surface area contributed by atoms with Crippen LogP contribution in [-0.2, 0) is 0 Å². The van der Waals surface area contributed by atoms with E-state index in [1.54, 1.807) is 7.11 Å². The molecule has 0 spiro atoms. The van der Waals surface area contributed by atoms with Crippen LogP contribution >= 0.6 is 0 Å². The lowest BCUT2D eigenvalue weighted by molar-refractivity contribution is 0.313. The highest BCUT2D eigenvalue weighted by molar-refractivity contribution is 5.80. The molecule has 1 fully saturated rings. The maximum Gasteiger partial charge on any atom is 0.139 e. The Morgan fingerprint density at radius 2 is 2.10 bits per heavy atom. The van der Waals surface area contributed by atoms with Crippen LogP contribution in [0.4, 0.5) is 0 Å². The SMILES string of the molecule is COc1ccc(C(C)NCC2(CC(N)=NO)CC2)cc1. The molecular formula is C15H23N3O2. The Labute approximate surface area is 119 Å². The van der Waals surface area contributed by atoms with E-state index in [0.717, 1.165) is 25.1 Å². The highest BCUT2D eigenvalue weighted by Gasteiger charge is 2.43. The third-order valence-electron chi connectivity index (χ3n) is 4.04. The molecular weight excluding hydrogens is 254 g/mol. The predicted octanol–water partition coefficient (Wildman–Crippen LogP) is 2.26. The summed E-state index contributed by atoms with van der Waals surface area (Å²) in [6.45, 7) is 3.03. The second-order valence-corrected chi connectivity index (χ2v) is 5.64. The minimum atomic E-state index is 0.178. The van der Waals surface area contributed by atoms with Gasteiger partial charge in [0.1, 0.15) is 11.6 Å². The molecule has 1 unspecified atom stereocenters. The summed E-state index contributed by atoms with van der Waals surface area (Å²) in [7, 11) is 1.67. The van der Waals surface area contributed by atoms with Crippen LogP contribution in [0.25, 0.3) is 0 Å². The first-order chi connectivity index (χ1) is 9.58. The minimum Gasteiger partial charge on any atom is -0.497 e. The maximum atomic E-state index is 8.66. The molecule has 0 heterocycles. The van der Waals surface area contributed by atoms with Crippen molar-refractivity contribution < 1.29 is 9.94 Å². The van der Waals surface area contributed by atoms with Gasteiger partial charge in [0.15, 0.2) is 0 Å². The summed E-state index contributed by atoms with van der Waals surface area (Å²) in [5, 5.41) is 15.3. The number of amidine groups is 1. The number of nitrogens with one attached hydrogen (secondary N) is 1. The van der Waals surface area contributed by atoms with Gasteiger partial charge < -0.3 is 21.0 Å². The molecule has 1 aromatic rings. The molecule has 1 aliphatic carbocycles. The van der Waals surface area contributed by atoms with E-state index in [1.807, 2.05) is 12.1 Å². The van der Waals surface area contributed by atoms with Crippen molar-refractivity contribution in [2.24, 2.45) is 16.3 Å². The van der Waals surface area contributed by atoms with Crippen molar-refractivity contribution in [3.05, 3.63) is 29.8 Å². The van der Waals surface area contributed by atoms with Gasteiger partial charge in [-0.25, -0.2) is 0 Å². The van der Waals surface area contributed by atoms with Crippen LogP contribution in [0, 0.1) is 5.41 Å². The average molecular weight is 277 g/mol. The van der Waals surface area contributed by atoms with Crippen LogP contribution in [0.1, 0.15) is 37.8 Å². The monoisotopic (exact) mass is 277 g/mol. The van der Waals surface area contributed by atoms with Gasteiger partial charge in [-0.05, 0) is 42.9 Å². The standard InChI is InChI=1S/C15H23N3O2/c1-11(12-3-5-13(20-2)6-4-12)17-10-15(7-8-15)9-14(16)18-19/h3-6,11,17,19H,7-10H2,1-2H3,(H2,16,18). The van der Waals surface area contributed by atoms with Crippen molar-refractivity contribution in [1.29, 1.82) is 0 Å². The molecule has 110 valence electrons. The summed E-state index contributed by atoms with van der Waals surface area (Å²) < 4.78 is 5.16. The predicted molar refractivity (Wildman–Crippen MR) is 79.1 cm³/mol. The van der Waals surface area contributed by atoms with Crippen LogP contribution in [0.2, 0.25) is 0 Å². The zero-order chi connectivity index (χ0) is 14.6. The Balaban J connectivity index is 1.87. The lowest BCUT2D eigenvalue weighted by atomic mass is 10.0. The van der Waals surface area contributed by atoms with Crippen LogP contribution in [0.5, 0.6) is 5.75 Å². The largest absolute Gasteiger partial charge is 0.497 e. The fourth-order valence-corrected chi connectivity index (χ4v) is 2.39. The Bertz CT molecular complexity index is 467. The second kappa shape index (κ2) is 6.13. The van der Waals surface area contributed by atoms with E-state index in [0.29, 0.717) is 12.3 Å². The Morgan fingerprint density at radius 1 is 1.45 bits per heavy atom. The molecule has 0 bridgehead atoms. The number of benzene rings is 1. The molecule has 2 rings (SSSR count). The third kappa shape index (κ3) is 3.63. The van der Waals surface area contributed by atoms with Crippen molar-refractivity contribution in [2.75, 3.05) is 13.7 Å². The molecule has 0 aromatic heterocycles. The van der Waals surface area contributed by atoms with Crippen molar-refractivity contribution in [3.63, 3.8) is 0 Å². The highest BCUT2D eigenvalue weighted by Crippen LogP contribution is 2.48. The molecule has 5 nitrogen and oxygen atoms in total. The van der Waals surface area contributed by atoms with E-state index in [9.17, 15) is 0 Å². The van der Waals surface area contributed by atoms with E-state index in [2.05, 4.69) is 29.5 Å². The van der Waals surface area contributed by atoms with Gasteiger partial charge in [0.05, 0.1) is 7.11 Å². The zero-order valence-corrected chi connectivity index (χ0v) is 12.1. The van der Waals surface area contributed by atoms with Gasteiger partial charge in [-0.15, -0.1) is 0 Å². The minimum absolute atomic E-state index is 0.178. The summed E-state index contributed by atoms with van der Waals surface area (Å²) in [6.07, 6.45) is 2.92. The highest BCUT2D eigenvalue weighted by atomic mass is 16.5. The number of hydrogen-bond acceptors (Lipinski definition) is 4. The van der Waals surface area contributed by atoms with Gasteiger partial charge in [0.2, 0.25) is 0 Å². The van der Waals surface area contributed by atoms with Crippen molar-refractivity contribution in [2.45, 2.75) is 32.2 Å². The summed E-state index contributed by atoms with van der Waals surface area (Å²) in [4.78, 5) is 0. The summed E-state index contributed by atoms with van der Waals surface area (Å²) in [5.41, 5.74) is 7.01. The zero-order valence-electron chi connectivity index (χ0n) is 12.1. The molecule has 1 aromatic carbocycles. The summed E-state index contributed by atoms with van der Waals surface area (Å²) in [5.74, 6) is 1.19. The lowest BCUT2D eigenvalue weighted by Gasteiger charge is -2.20. The average Bonchev–Trinajstić information content (AvgIpc) is 3.24. The van der Waals surface area contributed by atoms with Crippen LogP contribution in [0.3, 0.4) is 0 Å². The van der Waals surface area contributed by atoms with Gasteiger partial charge in [-0.2, -0.15) is 0 Å². The number of nitrogens with zero attached hydrogens (tertiary/aromatic N) is 1. The number of methoxy groups -OCH3 is 1. The number of nitrogens with two attached hydrogens (primary N) is 1. The maximum absolute atomic E-state index is 8.66. The molecule has 0 amide bonds. The molecule has 0 saturated heterocycles. The van der Waals surface area contributed by atoms with E-state index in [-0.39, 0.29) is 11.5 Å². The van der Waals surface area contributed by atoms with Gasteiger partial charge in [-0.3, -0.25) is 0 Å². The Kier molecular flexibility index (Phi) is 4.49. The Hall–Kier alpha value is -1.75. The quantitative estimate of drug-likeness (QED) is 0.309. The van der Waals surface area contributed by atoms with Crippen LogP contribution in [0.15, 0.2) is 29.4 Å². The van der Waals surface area contributed by atoms with Crippen LogP contribution < -0.4 is 15.8 Å². The number of hydrogen-bond donors (Lipinski definition) is 3. The fourth-order valence-electron chi connectivity index (χ4n) is 2.39. The van der Waals surface area contributed by atoms with Gasteiger partial charge in [0, 0.05) is 19.0 Å². The second-order valence-electron chi connectivity index (χ2n) is 5.64. The first kappa shape index (κ1) is 14.7. The first-order valence-electron chi connectivity index (χ1n) is 6.92. The van der Waals surface area contributed by atoms with E-state index < -0.39 is 0 Å². The summed E-state index contributed by atoms with van der Waals surface area (Å²) in [6, 6.07) is 8.35. The molecule has 0 radical (unpaired) electrons. The normalized spacial score (nSPS) is 18.6. The van der Waals surface area contributed by atoms with Crippen molar-refractivity contribution >= 4 is 5.84 Å². The first-order valence-corrected chi connectivity index (χ1v) is 6.92. The molecule has 1 aliphatic rings. The lowest BCUT2D eigenvalue weighted by Crippen LogP contribution is -2.30. The van der Waals surface area contributed by atoms with Gasteiger partial charge >= 0.3 is 0 Å². The van der Waals surface area contributed by atoms with Crippen molar-refractivity contribution in [3.8, 4) is 5.75 Å². The number of ether oxygens (including phenoxy) is 1. The van der Waals surface area contributed by atoms with Gasteiger partial charge in [0.25, 0.3) is 0 Å². The number of oxime groups is 1. The molecule has 20 heavy (non-hydrogen) atoms. The van der Waals surface area contributed by atoms with E-state index >= 15 is 0 Å². The molecule has 5 heteroatoms. The third-order valence-corrected chi connectivity index (χ3v) is 4.04. The smallest absolute Gasteiger partial charge is 0.139 e. The topological polar surface area (TPSA) is 79.9 Å². The molecule has 0 aliphatic heterocycles. The van der Waals surface area contributed by atoms with Crippen LogP contribution in [-0.4, -0.2) is 24.7 Å². The molecule has 1 saturated carbocycles. The summed E-state index contributed by atoms with van der Waals surface area (Å²) >= 11 is 0. The molecule has 1 atom stereocenters. The van der Waals surface area contributed by atoms with E-state index in [1.165, 1.54) is 5.56 Å². The molecule has 4 N–H and O–H groups in total. The Morgan fingerprint density at radius 3 is 2.60 bits per heavy atom. The van der Waals surface area contributed by atoms with Gasteiger partial charge in [-0.1, -0.05) is 17.3 Å². The van der Waals surface area contributed by atoms with E-state index in [4.69, 9.17) is 15.7 Å². The fraction of sp³-hybridized carbons (Fsp3) is 0.533.